The van der Waals surface area contributed by atoms with Crippen molar-refractivity contribution in [1.29, 1.82) is 0 Å². The number of nitrogens with one attached hydrogen (secondary N) is 14. The molecule has 2 aromatic heterocycles. The number of aromatic amines is 2. The molecule has 37 heteroatoms. The maximum atomic E-state index is 14.3. The number of aliphatic hydroxyl groups is 1. The molecule has 98 heavy (non-hydrogen) atoms. The maximum Gasteiger partial charge on any atom is 0.245 e. The zero-order valence-corrected chi connectivity index (χ0v) is 57.9. The molecule has 0 bridgehead atoms. The smallest absolute Gasteiger partial charge is 0.245 e. The Kier molecular flexibility index (Phi) is 36.4. The number of carbonyl (C=O) groups is 15. The van der Waals surface area contributed by atoms with Gasteiger partial charge in [0.2, 0.25) is 88.6 Å². The lowest BCUT2D eigenvalue weighted by Crippen LogP contribution is -2.59. The Hall–Kier alpha value is -9.36. The minimum Gasteiger partial charge on any atom is -0.394 e. The number of benzene rings is 1. The average molecular weight is 1410 g/mol. The number of amides is 15. The molecule has 21 N–H and O–H groups in total. The summed E-state index contributed by atoms with van der Waals surface area (Å²) in [6, 6.07) is -4.75. The molecule has 35 nitrogen and oxygen atoms in total. The zero-order chi connectivity index (χ0) is 73.2. The van der Waals surface area contributed by atoms with Crippen molar-refractivity contribution in [3.8, 4) is 0 Å². The molecule has 0 aliphatic heterocycles. The van der Waals surface area contributed by atoms with Crippen LogP contribution in [0.2, 0.25) is 0 Å². The van der Waals surface area contributed by atoms with Crippen LogP contribution in [0.15, 0.2) is 43.0 Å². The summed E-state index contributed by atoms with van der Waals surface area (Å²) < 4.78 is 0. The lowest BCUT2D eigenvalue weighted by Gasteiger charge is -2.26. The Balaban J connectivity index is 1.70. The lowest BCUT2D eigenvalue weighted by molar-refractivity contribution is -0.135. The minimum absolute atomic E-state index is 0.101. The molecule has 0 fully saturated rings. The van der Waals surface area contributed by atoms with E-state index in [0.717, 1.165) is 11.8 Å². The van der Waals surface area contributed by atoms with Gasteiger partial charge in [-0.3, -0.25) is 71.9 Å². The van der Waals surface area contributed by atoms with Crippen molar-refractivity contribution < 1.29 is 77.0 Å². The molecule has 0 radical (unpaired) electrons. The van der Waals surface area contributed by atoms with Gasteiger partial charge in [0.1, 0.15) is 54.4 Å². The summed E-state index contributed by atoms with van der Waals surface area (Å²) in [4.78, 5) is 209. The summed E-state index contributed by atoms with van der Waals surface area (Å²) in [5.74, 6) is -12.3. The van der Waals surface area contributed by atoms with Crippen LogP contribution in [-0.2, 0) is 84.8 Å². The van der Waals surface area contributed by atoms with Crippen LogP contribution in [0.3, 0.4) is 0 Å². The van der Waals surface area contributed by atoms with Crippen molar-refractivity contribution in [2.75, 3.05) is 70.4 Å². The standard InChI is InChI=1S/C61H95N19O16S2/c1-32(2)21-41(58(93)75-39(53(64)88)17-20-97-8)76-59(94)43(23-36-25-65-31-70-36)73-50(86)26-69-61(96)52(33(3)4)79-54(89)34(5)71-57(92)42(22-35-24-68-38-12-10-9-11-37(35)38)77-56(91)40(13-14-46(62)82)72-49(85)16-18-66-48(84)15-19-67-55(90)45(29-98-30-47(63)83)78-60(95)44(28-81)74-51(87)27-80(6)7/h9-12,24-25,31-34,39-45,52,68,81H,13-23,26-30H2,1-8H3,(H2,62,82)(H2,63,83)(H2,64,88)(H,65,70)(H,66,84)(H,67,90)(H,69,96)(H,71,92)(H,72,85)(H,73,86)(H,74,87)(H,75,93)(H,76,94)(H,77,91)(H,78,95)(H,79,89)/t34-,39-,40-,41-,42-,43-,44-,45-,52-/m0/s1. The number of para-hydroxylation sites is 1. The van der Waals surface area contributed by atoms with Gasteiger partial charge in [-0.1, -0.05) is 45.9 Å². The van der Waals surface area contributed by atoms with Gasteiger partial charge < -0.3 is 101 Å². The quantitative estimate of drug-likeness (QED) is 0.0250. The van der Waals surface area contributed by atoms with Crippen LogP contribution in [0.5, 0.6) is 0 Å². The molecule has 0 saturated heterocycles. The second-order valence-corrected chi connectivity index (χ2v) is 26.0. The number of hydrogen-bond donors (Lipinski definition) is 18. The van der Waals surface area contributed by atoms with Crippen molar-refractivity contribution in [3.05, 3.63) is 54.2 Å². The Morgan fingerprint density at radius 3 is 1.79 bits per heavy atom. The summed E-state index contributed by atoms with van der Waals surface area (Å²) in [5, 5.41) is 40.9. The molecule has 542 valence electrons. The number of H-pyrrole nitrogens is 2. The number of imidazole rings is 1. The Labute approximate surface area is 575 Å². The molecule has 3 rings (SSSR count). The van der Waals surface area contributed by atoms with Gasteiger partial charge in [-0.2, -0.15) is 11.8 Å². The van der Waals surface area contributed by atoms with Crippen LogP contribution in [0.4, 0.5) is 0 Å². The van der Waals surface area contributed by atoms with Gasteiger partial charge >= 0.3 is 0 Å². The fourth-order valence-electron chi connectivity index (χ4n) is 9.41. The van der Waals surface area contributed by atoms with Crippen molar-refractivity contribution in [2.24, 2.45) is 29.0 Å². The van der Waals surface area contributed by atoms with Gasteiger partial charge in [0, 0.05) is 79.9 Å². The number of carbonyl (C=O) groups excluding carboxylic acids is 15. The van der Waals surface area contributed by atoms with E-state index in [4.69, 9.17) is 17.2 Å². The van der Waals surface area contributed by atoms with E-state index in [1.807, 2.05) is 20.1 Å². The van der Waals surface area contributed by atoms with Crippen LogP contribution in [-0.4, -0.2) is 238 Å². The van der Waals surface area contributed by atoms with Gasteiger partial charge in [0.15, 0.2) is 0 Å². The SMILES string of the molecule is CSCC[C@H](NC(=O)[C@H](CC(C)C)NC(=O)[C@H](Cc1cnc[nH]1)NC(=O)CNC(=O)[C@@H](NC(=O)[C@H](C)NC(=O)[C@H](Cc1c[nH]c2ccccc12)NC(=O)[C@H](CCC(N)=O)NC(=O)CCNC(=O)CCNC(=O)[C@H](CSCC(N)=O)NC(=O)[C@H](CO)NC(=O)CN(C)C)C(C)C)C(N)=O. The lowest BCUT2D eigenvalue weighted by atomic mass is 10.0. The van der Waals surface area contributed by atoms with E-state index in [9.17, 15) is 77.0 Å². The molecule has 15 amide bonds. The molecule has 2 heterocycles. The van der Waals surface area contributed by atoms with Crippen LogP contribution in [0.25, 0.3) is 10.9 Å². The molecule has 0 aliphatic carbocycles. The summed E-state index contributed by atoms with van der Waals surface area (Å²) in [6.45, 7) is 6.03. The number of hydrogen-bond acceptors (Lipinski definition) is 20. The molecule has 0 unspecified atom stereocenters. The van der Waals surface area contributed by atoms with Crippen LogP contribution in [0, 0.1) is 11.8 Å². The fourth-order valence-corrected chi connectivity index (χ4v) is 10.7. The van der Waals surface area contributed by atoms with Crippen LogP contribution >= 0.6 is 23.5 Å². The normalized spacial score (nSPS) is 13.9. The van der Waals surface area contributed by atoms with Gasteiger partial charge in [0.05, 0.1) is 31.8 Å². The second kappa shape index (κ2) is 43.0. The summed E-state index contributed by atoms with van der Waals surface area (Å²) in [5.41, 5.74) is 17.9. The summed E-state index contributed by atoms with van der Waals surface area (Å²) in [7, 11) is 3.23. The first-order valence-electron chi connectivity index (χ1n) is 31.5. The van der Waals surface area contributed by atoms with Gasteiger partial charge in [0.25, 0.3) is 0 Å². The predicted octanol–water partition coefficient (Wildman–Crippen LogP) is -5.83. The highest BCUT2D eigenvalue weighted by Gasteiger charge is 2.35. The number of aliphatic hydroxyl groups excluding tert-OH is 1. The number of primary amides is 3. The van der Waals surface area contributed by atoms with Crippen molar-refractivity contribution >= 4 is 123 Å². The summed E-state index contributed by atoms with van der Waals surface area (Å²) >= 11 is 2.37. The molecule has 0 saturated carbocycles. The molecule has 0 spiro atoms. The Morgan fingerprint density at radius 1 is 0.571 bits per heavy atom. The van der Waals surface area contributed by atoms with Gasteiger partial charge in [-0.15, -0.1) is 11.8 Å². The van der Waals surface area contributed by atoms with Gasteiger partial charge in [-0.25, -0.2) is 4.98 Å². The number of likely N-dealkylation sites (N-methyl/N-ethyl adjacent to an activating group) is 1. The van der Waals surface area contributed by atoms with E-state index in [-0.39, 0.29) is 75.6 Å². The highest BCUT2D eigenvalue weighted by Crippen LogP contribution is 2.20. The Bertz CT molecular complexity index is 3220. The highest BCUT2D eigenvalue weighted by atomic mass is 32.2. The first-order chi connectivity index (χ1) is 46.3. The largest absolute Gasteiger partial charge is 0.394 e. The van der Waals surface area contributed by atoms with Gasteiger partial charge in [-0.05, 0) is 75.8 Å². The third kappa shape index (κ3) is 30.8. The third-order valence-electron chi connectivity index (χ3n) is 14.5. The minimum atomic E-state index is -1.48. The molecular formula is C61H95N19O16S2. The van der Waals surface area contributed by atoms with E-state index in [2.05, 4.69) is 78.8 Å². The molecule has 3 aromatic rings. The molecule has 0 aliphatic rings. The third-order valence-corrected chi connectivity index (χ3v) is 16.2. The predicted molar refractivity (Wildman–Crippen MR) is 363 cm³/mol. The van der Waals surface area contributed by atoms with Crippen molar-refractivity contribution in [3.63, 3.8) is 0 Å². The number of nitrogens with two attached hydrogens (primary N) is 3. The molecular weight excluding hydrogens is 1320 g/mol. The zero-order valence-electron chi connectivity index (χ0n) is 56.2. The first kappa shape index (κ1) is 82.9. The Morgan fingerprint density at radius 2 is 1.16 bits per heavy atom. The second-order valence-electron chi connectivity index (χ2n) is 24.0. The van der Waals surface area contributed by atoms with E-state index in [0.29, 0.717) is 27.9 Å². The summed E-state index contributed by atoms with van der Waals surface area (Å²) in [6.07, 6.45) is 4.85. The molecule has 1 aromatic carbocycles. The van der Waals surface area contributed by atoms with E-state index in [1.165, 1.54) is 36.1 Å². The number of thioether (sulfide) groups is 2. The van der Waals surface area contributed by atoms with Crippen LogP contribution < -0.4 is 81.0 Å². The van der Waals surface area contributed by atoms with E-state index >= 15 is 0 Å². The highest BCUT2D eigenvalue weighted by molar-refractivity contribution is 8.00. The first-order valence-corrected chi connectivity index (χ1v) is 34.1. The van der Waals surface area contributed by atoms with E-state index < -0.39 is 175 Å². The number of aromatic nitrogens is 3. The van der Waals surface area contributed by atoms with Crippen molar-refractivity contribution in [1.82, 2.24) is 83.7 Å². The number of nitrogens with zero attached hydrogens (tertiary/aromatic N) is 2. The molecule has 9 atom stereocenters. The number of fused-ring (bicyclic) bond motifs is 1. The monoisotopic (exact) mass is 1410 g/mol. The average Bonchev–Trinajstić information content (AvgIpc) is 1.64. The number of rotatable bonds is 46. The fraction of sp³-hybridized carbons (Fsp3) is 0.574. The maximum absolute atomic E-state index is 14.3. The topological polar surface area (TPSA) is 546 Å². The van der Waals surface area contributed by atoms with Crippen LogP contribution in [0.1, 0.15) is 84.4 Å². The van der Waals surface area contributed by atoms with E-state index in [1.54, 1.807) is 58.4 Å². The van der Waals surface area contributed by atoms with Crippen molar-refractivity contribution in [2.45, 2.75) is 140 Å².